The molecule has 1 heterocycles. The second-order valence-corrected chi connectivity index (χ2v) is 8.89. The Hall–Kier alpha value is -2.61. The van der Waals surface area contributed by atoms with Crippen molar-refractivity contribution in [3.8, 4) is 23.8 Å². The number of terminal acetylenes is 1. The molecule has 0 amide bonds. The fourth-order valence-corrected chi connectivity index (χ4v) is 5.15. The standard InChI is InChI=1S/C24H27IN3O4/c1-6-17-8-7-9-18(14-17)28(3)24-21-19(26-16-27-24)15-20(31-12-10-29-4)23(22(21)25-2)32-13-11-30-5/h1,7-9,14-16H,10-13H2,2-5H3/q-1. The van der Waals surface area contributed by atoms with Gasteiger partial charge < -0.3 is 0 Å². The molecule has 3 aromatic rings. The van der Waals surface area contributed by atoms with E-state index < -0.39 is 21.2 Å². The second kappa shape index (κ2) is 11.9. The molecule has 32 heavy (non-hydrogen) atoms. The summed E-state index contributed by atoms with van der Waals surface area (Å²) in [6, 6.07) is 9.73. The number of hydrogen-bond acceptors (Lipinski definition) is 7. The zero-order valence-corrected chi connectivity index (χ0v) is 20.9. The molecule has 0 unspecified atom stereocenters. The van der Waals surface area contributed by atoms with E-state index in [0.717, 1.165) is 37.3 Å². The molecule has 0 N–H and O–H groups in total. The minimum absolute atomic E-state index is 0.411. The molecule has 7 nitrogen and oxygen atoms in total. The van der Waals surface area contributed by atoms with Gasteiger partial charge in [0.2, 0.25) is 0 Å². The summed E-state index contributed by atoms with van der Waals surface area (Å²) in [6.45, 7) is 1.80. The average Bonchev–Trinajstić information content (AvgIpc) is 2.83. The molecule has 0 saturated carbocycles. The van der Waals surface area contributed by atoms with Crippen LogP contribution >= 0.6 is 0 Å². The SMILES string of the molecule is C#Cc1cccc(N(C)c2ncnc3cc(OCCOC)c(OCCOC)c([I-]C)c23)c1. The van der Waals surface area contributed by atoms with Gasteiger partial charge in [0.1, 0.15) is 0 Å². The van der Waals surface area contributed by atoms with Crippen LogP contribution in [0.1, 0.15) is 5.56 Å². The average molecular weight is 548 g/mol. The third-order valence-electron chi connectivity index (χ3n) is 4.75. The van der Waals surface area contributed by atoms with E-state index in [0.29, 0.717) is 32.2 Å². The van der Waals surface area contributed by atoms with Crippen LogP contribution in [0, 0.1) is 15.9 Å². The summed E-state index contributed by atoms with van der Waals surface area (Å²) < 4.78 is 23.6. The van der Waals surface area contributed by atoms with Crippen molar-refractivity contribution in [2.45, 2.75) is 0 Å². The number of nitrogens with zero attached hydrogens (tertiary/aromatic N) is 3. The van der Waals surface area contributed by atoms with Crippen molar-refractivity contribution in [3.63, 3.8) is 0 Å². The van der Waals surface area contributed by atoms with Crippen molar-refractivity contribution in [1.82, 2.24) is 9.97 Å². The molecule has 3 rings (SSSR count). The zero-order valence-electron chi connectivity index (χ0n) is 18.7. The van der Waals surface area contributed by atoms with Gasteiger partial charge in [-0.15, -0.1) is 0 Å². The van der Waals surface area contributed by atoms with Gasteiger partial charge in [-0.05, 0) is 0 Å². The van der Waals surface area contributed by atoms with E-state index in [-0.39, 0.29) is 0 Å². The maximum absolute atomic E-state index is 6.15. The number of rotatable bonds is 11. The molecule has 0 atom stereocenters. The number of halogens is 1. The summed E-state index contributed by atoms with van der Waals surface area (Å²) in [4.78, 5) is 13.4. The van der Waals surface area contributed by atoms with Crippen molar-refractivity contribution in [2.24, 2.45) is 0 Å². The number of alkyl halides is 1. The molecule has 0 fully saturated rings. The van der Waals surface area contributed by atoms with Crippen LogP contribution in [0.15, 0.2) is 36.7 Å². The minimum atomic E-state index is -0.411. The number of benzene rings is 2. The number of aromatic nitrogens is 2. The first-order chi connectivity index (χ1) is 15.6. The van der Waals surface area contributed by atoms with Gasteiger partial charge >= 0.3 is 200 Å². The molecule has 0 saturated heterocycles. The number of hydrogen-bond donors (Lipinski definition) is 0. The summed E-state index contributed by atoms with van der Waals surface area (Å²) >= 11 is -0.411. The first-order valence-corrected chi connectivity index (χ1v) is 13.2. The van der Waals surface area contributed by atoms with E-state index in [1.807, 2.05) is 42.3 Å². The van der Waals surface area contributed by atoms with Crippen molar-refractivity contribution >= 4 is 22.4 Å². The summed E-state index contributed by atoms with van der Waals surface area (Å²) in [5.74, 6) is 4.86. The van der Waals surface area contributed by atoms with E-state index in [2.05, 4.69) is 20.8 Å². The van der Waals surface area contributed by atoms with E-state index in [9.17, 15) is 0 Å². The maximum atomic E-state index is 6.15. The molecular formula is C24H27IN3O4-. The van der Waals surface area contributed by atoms with Gasteiger partial charge in [0.05, 0.1) is 0 Å². The van der Waals surface area contributed by atoms with E-state index >= 15 is 0 Å². The van der Waals surface area contributed by atoms with Gasteiger partial charge in [0, 0.05) is 0 Å². The number of fused-ring (bicyclic) bond motifs is 1. The summed E-state index contributed by atoms with van der Waals surface area (Å²) in [6.07, 6.45) is 7.17. The Labute approximate surface area is 199 Å². The van der Waals surface area contributed by atoms with Gasteiger partial charge in [-0.2, -0.15) is 0 Å². The quantitative estimate of drug-likeness (QED) is 0.148. The molecule has 2 aromatic carbocycles. The van der Waals surface area contributed by atoms with Crippen molar-refractivity contribution in [2.75, 3.05) is 57.5 Å². The Morgan fingerprint density at radius 2 is 1.78 bits per heavy atom. The predicted molar refractivity (Wildman–Crippen MR) is 121 cm³/mol. The van der Waals surface area contributed by atoms with Gasteiger partial charge in [-0.25, -0.2) is 0 Å². The van der Waals surface area contributed by atoms with Crippen LogP contribution in [0.2, 0.25) is 0 Å². The molecule has 170 valence electrons. The van der Waals surface area contributed by atoms with Gasteiger partial charge in [0.15, 0.2) is 0 Å². The van der Waals surface area contributed by atoms with Crippen LogP contribution in [0.5, 0.6) is 11.5 Å². The van der Waals surface area contributed by atoms with E-state index in [4.69, 9.17) is 25.4 Å². The molecule has 0 radical (unpaired) electrons. The number of anilines is 2. The number of ether oxygens (including phenoxy) is 4. The fraction of sp³-hybridized carbons (Fsp3) is 0.333. The molecule has 0 aliphatic carbocycles. The monoisotopic (exact) mass is 548 g/mol. The van der Waals surface area contributed by atoms with Crippen LogP contribution in [0.3, 0.4) is 0 Å². The predicted octanol–water partition coefficient (Wildman–Crippen LogP) is 0.318. The van der Waals surface area contributed by atoms with Crippen LogP contribution < -0.4 is 35.6 Å². The molecule has 1 aromatic heterocycles. The van der Waals surface area contributed by atoms with Crippen LogP contribution in [0.4, 0.5) is 11.5 Å². The van der Waals surface area contributed by atoms with Gasteiger partial charge in [-0.1, -0.05) is 0 Å². The normalized spacial score (nSPS) is 10.8. The Balaban J connectivity index is 2.16. The molecule has 0 spiro atoms. The third kappa shape index (κ3) is 5.41. The molecule has 8 heteroatoms. The van der Waals surface area contributed by atoms with E-state index in [1.54, 1.807) is 20.5 Å². The first kappa shape index (κ1) is 24.0. The topological polar surface area (TPSA) is 65.9 Å². The fourth-order valence-electron chi connectivity index (χ4n) is 3.19. The third-order valence-corrected chi connectivity index (χ3v) is 6.86. The second-order valence-electron chi connectivity index (χ2n) is 6.73. The Bertz CT molecular complexity index is 1100. The summed E-state index contributed by atoms with van der Waals surface area (Å²) in [5, 5.41) is 0.961. The molecule has 0 aliphatic heterocycles. The Morgan fingerprint density at radius 3 is 2.47 bits per heavy atom. The van der Waals surface area contributed by atoms with Crippen LogP contribution in [0.25, 0.3) is 10.9 Å². The van der Waals surface area contributed by atoms with Crippen LogP contribution in [-0.2, 0) is 9.47 Å². The Kier molecular flexibility index (Phi) is 8.90. The summed E-state index contributed by atoms with van der Waals surface area (Å²) in [7, 11) is 5.27. The van der Waals surface area contributed by atoms with Crippen LogP contribution in [-0.4, -0.2) is 62.6 Å². The first-order valence-electron chi connectivity index (χ1n) is 9.99. The zero-order chi connectivity index (χ0) is 22.9. The molecule has 0 bridgehead atoms. The van der Waals surface area contributed by atoms with Crippen molar-refractivity contribution in [1.29, 1.82) is 0 Å². The van der Waals surface area contributed by atoms with Gasteiger partial charge in [-0.3, -0.25) is 0 Å². The van der Waals surface area contributed by atoms with Crippen molar-refractivity contribution in [3.05, 3.63) is 45.8 Å². The van der Waals surface area contributed by atoms with Gasteiger partial charge in [0.25, 0.3) is 0 Å². The van der Waals surface area contributed by atoms with Crippen molar-refractivity contribution < 1.29 is 40.2 Å². The number of methoxy groups -OCH3 is 2. The summed E-state index contributed by atoms with van der Waals surface area (Å²) in [5.41, 5.74) is 2.56. The molecular weight excluding hydrogens is 521 g/mol. The Morgan fingerprint density at radius 1 is 1.03 bits per heavy atom. The van der Waals surface area contributed by atoms with E-state index in [1.165, 1.54) is 0 Å². The molecule has 0 aliphatic rings.